The van der Waals surface area contributed by atoms with Crippen LogP contribution in [0.3, 0.4) is 0 Å². The molecule has 0 saturated heterocycles. The van der Waals surface area contributed by atoms with Crippen LogP contribution in [0.1, 0.15) is 30.8 Å². The molecule has 6 heteroatoms. The number of rotatable bonds is 6. The highest BCUT2D eigenvalue weighted by Crippen LogP contribution is 2.12. The fourth-order valence-electron chi connectivity index (χ4n) is 1.62. The molecular formula is C11H20N4O2. The lowest BCUT2D eigenvalue weighted by Gasteiger charge is -2.19. The lowest BCUT2D eigenvalue weighted by Crippen LogP contribution is -2.35. The number of aryl methyl sites for hydroxylation is 1. The van der Waals surface area contributed by atoms with E-state index in [-0.39, 0.29) is 18.2 Å². The molecule has 1 amide bonds. The minimum atomic E-state index is -0.217. The molecule has 96 valence electrons. The molecule has 0 fully saturated rings. The highest BCUT2D eigenvalue weighted by molar-refractivity contribution is 5.97. The molecule has 1 aromatic heterocycles. The number of anilines is 1. The van der Waals surface area contributed by atoms with Crippen LogP contribution in [0.5, 0.6) is 0 Å². The molecular weight excluding hydrogens is 220 g/mol. The Balaban J connectivity index is 2.87. The number of hydrogen-bond donors (Lipinski definition) is 2. The van der Waals surface area contributed by atoms with E-state index in [1.165, 1.54) is 0 Å². The first-order valence-electron chi connectivity index (χ1n) is 5.87. The van der Waals surface area contributed by atoms with Crippen LogP contribution < -0.4 is 5.73 Å². The third-order valence-corrected chi connectivity index (χ3v) is 2.47. The van der Waals surface area contributed by atoms with Crippen LogP contribution in [0.15, 0.2) is 6.20 Å². The second-order valence-electron chi connectivity index (χ2n) is 3.80. The Morgan fingerprint density at radius 2 is 2.24 bits per heavy atom. The minimum Gasteiger partial charge on any atom is -0.396 e. The highest BCUT2D eigenvalue weighted by atomic mass is 16.3. The van der Waals surface area contributed by atoms with Crippen molar-refractivity contribution in [3.8, 4) is 0 Å². The van der Waals surface area contributed by atoms with Crippen molar-refractivity contribution in [1.82, 2.24) is 14.7 Å². The molecule has 6 nitrogen and oxygen atoms in total. The van der Waals surface area contributed by atoms with Crippen LogP contribution in [-0.2, 0) is 6.54 Å². The van der Waals surface area contributed by atoms with Gasteiger partial charge in [0.05, 0.1) is 12.3 Å². The molecule has 0 aliphatic carbocycles. The van der Waals surface area contributed by atoms with Crippen LogP contribution in [0.2, 0.25) is 0 Å². The van der Waals surface area contributed by atoms with E-state index in [1.54, 1.807) is 15.8 Å². The second-order valence-corrected chi connectivity index (χ2v) is 3.80. The lowest BCUT2D eigenvalue weighted by atomic mass is 10.3. The van der Waals surface area contributed by atoms with Crippen molar-refractivity contribution in [2.75, 3.05) is 25.4 Å². The molecule has 1 aromatic rings. The van der Waals surface area contributed by atoms with Crippen molar-refractivity contribution in [1.29, 1.82) is 0 Å². The standard InChI is InChI=1S/C11H20N4O2/c1-3-5-14(6-7-16)11(17)10-9(12)8-15(4-2)13-10/h8,16H,3-7,12H2,1-2H3. The summed E-state index contributed by atoms with van der Waals surface area (Å²) in [4.78, 5) is 13.7. The molecule has 0 radical (unpaired) electrons. The van der Waals surface area contributed by atoms with Crippen LogP contribution in [0, 0.1) is 0 Å². The van der Waals surface area contributed by atoms with E-state index in [2.05, 4.69) is 5.10 Å². The van der Waals surface area contributed by atoms with Gasteiger partial charge in [-0.25, -0.2) is 0 Å². The Morgan fingerprint density at radius 3 is 2.71 bits per heavy atom. The smallest absolute Gasteiger partial charge is 0.276 e. The first-order chi connectivity index (χ1) is 8.13. The van der Waals surface area contributed by atoms with E-state index in [0.717, 1.165) is 6.42 Å². The number of nitrogen functional groups attached to an aromatic ring is 1. The zero-order valence-corrected chi connectivity index (χ0v) is 10.4. The number of aliphatic hydroxyl groups excluding tert-OH is 1. The van der Waals surface area contributed by atoms with E-state index in [0.29, 0.717) is 25.3 Å². The van der Waals surface area contributed by atoms with Gasteiger partial charge in [-0.05, 0) is 13.3 Å². The van der Waals surface area contributed by atoms with Gasteiger partial charge in [0.15, 0.2) is 5.69 Å². The van der Waals surface area contributed by atoms with E-state index in [1.807, 2.05) is 13.8 Å². The summed E-state index contributed by atoms with van der Waals surface area (Å²) >= 11 is 0. The number of amides is 1. The molecule has 0 bridgehead atoms. The summed E-state index contributed by atoms with van der Waals surface area (Å²) in [6, 6.07) is 0. The van der Waals surface area contributed by atoms with Gasteiger partial charge < -0.3 is 15.7 Å². The first-order valence-corrected chi connectivity index (χ1v) is 5.87. The van der Waals surface area contributed by atoms with E-state index >= 15 is 0 Å². The van der Waals surface area contributed by atoms with Crippen molar-refractivity contribution >= 4 is 11.6 Å². The lowest BCUT2D eigenvalue weighted by molar-refractivity contribution is 0.0716. The van der Waals surface area contributed by atoms with Crippen LogP contribution in [-0.4, -0.2) is 45.4 Å². The van der Waals surface area contributed by atoms with Crippen LogP contribution in [0.25, 0.3) is 0 Å². The summed E-state index contributed by atoms with van der Waals surface area (Å²) in [6.45, 7) is 5.43. The average Bonchev–Trinajstić information content (AvgIpc) is 2.69. The van der Waals surface area contributed by atoms with Crippen molar-refractivity contribution in [2.24, 2.45) is 0 Å². The summed E-state index contributed by atoms with van der Waals surface area (Å²) in [5.41, 5.74) is 6.41. The average molecular weight is 240 g/mol. The monoisotopic (exact) mass is 240 g/mol. The topological polar surface area (TPSA) is 84.4 Å². The van der Waals surface area contributed by atoms with Crippen molar-refractivity contribution in [3.05, 3.63) is 11.9 Å². The molecule has 0 saturated carbocycles. The summed E-state index contributed by atoms with van der Waals surface area (Å²) in [7, 11) is 0. The van der Waals surface area contributed by atoms with Gasteiger partial charge >= 0.3 is 0 Å². The number of carbonyl (C=O) groups is 1. The molecule has 0 aliphatic heterocycles. The summed E-state index contributed by atoms with van der Waals surface area (Å²) in [6.07, 6.45) is 2.48. The third kappa shape index (κ3) is 3.20. The minimum absolute atomic E-state index is 0.0554. The Kier molecular flexibility index (Phi) is 4.96. The van der Waals surface area contributed by atoms with E-state index in [4.69, 9.17) is 10.8 Å². The van der Waals surface area contributed by atoms with Gasteiger partial charge in [0.25, 0.3) is 5.91 Å². The van der Waals surface area contributed by atoms with Crippen LogP contribution >= 0.6 is 0 Å². The molecule has 17 heavy (non-hydrogen) atoms. The van der Waals surface area contributed by atoms with Gasteiger partial charge in [0.1, 0.15) is 0 Å². The predicted molar refractivity (Wildman–Crippen MR) is 65.6 cm³/mol. The maximum atomic E-state index is 12.1. The number of nitrogens with zero attached hydrogens (tertiary/aromatic N) is 3. The quantitative estimate of drug-likeness (QED) is 0.750. The molecule has 0 unspecified atom stereocenters. The van der Waals surface area contributed by atoms with Crippen molar-refractivity contribution in [3.63, 3.8) is 0 Å². The fourth-order valence-corrected chi connectivity index (χ4v) is 1.62. The van der Waals surface area contributed by atoms with Gasteiger partial charge in [-0.1, -0.05) is 6.92 Å². The van der Waals surface area contributed by atoms with Gasteiger partial charge in [-0.3, -0.25) is 9.48 Å². The molecule has 3 N–H and O–H groups in total. The molecule has 1 rings (SSSR count). The summed E-state index contributed by atoms with van der Waals surface area (Å²) in [5.74, 6) is -0.217. The van der Waals surface area contributed by atoms with E-state index < -0.39 is 0 Å². The normalized spacial score (nSPS) is 10.5. The molecule has 1 heterocycles. The zero-order chi connectivity index (χ0) is 12.8. The Morgan fingerprint density at radius 1 is 1.53 bits per heavy atom. The largest absolute Gasteiger partial charge is 0.396 e. The fraction of sp³-hybridized carbons (Fsp3) is 0.636. The second kappa shape index (κ2) is 6.24. The molecule has 0 aromatic carbocycles. The summed E-state index contributed by atoms with van der Waals surface area (Å²) < 4.78 is 1.63. The predicted octanol–water partition coefficient (Wildman–Crippen LogP) is 0.330. The molecule has 0 atom stereocenters. The number of hydrogen-bond acceptors (Lipinski definition) is 4. The van der Waals surface area contributed by atoms with Gasteiger partial charge in [0.2, 0.25) is 0 Å². The van der Waals surface area contributed by atoms with Crippen LogP contribution in [0.4, 0.5) is 5.69 Å². The van der Waals surface area contributed by atoms with E-state index in [9.17, 15) is 4.79 Å². The Bertz CT molecular complexity index is 370. The molecule has 0 spiro atoms. The number of nitrogens with two attached hydrogens (primary N) is 1. The van der Waals surface area contributed by atoms with Gasteiger partial charge in [-0.15, -0.1) is 0 Å². The number of aromatic nitrogens is 2. The van der Waals surface area contributed by atoms with Crippen molar-refractivity contribution < 1.29 is 9.90 Å². The maximum Gasteiger partial charge on any atom is 0.276 e. The SMILES string of the molecule is CCCN(CCO)C(=O)c1nn(CC)cc1N. The Labute approximate surface area is 101 Å². The molecule has 0 aliphatic rings. The van der Waals surface area contributed by atoms with Gasteiger partial charge in [-0.2, -0.15) is 5.10 Å². The zero-order valence-electron chi connectivity index (χ0n) is 10.4. The number of carbonyl (C=O) groups excluding carboxylic acids is 1. The van der Waals surface area contributed by atoms with Crippen molar-refractivity contribution in [2.45, 2.75) is 26.8 Å². The number of aliphatic hydroxyl groups is 1. The summed E-state index contributed by atoms with van der Waals surface area (Å²) in [5, 5.41) is 13.1. The van der Waals surface area contributed by atoms with Gasteiger partial charge in [0, 0.05) is 25.8 Å². The third-order valence-electron chi connectivity index (χ3n) is 2.47. The Hall–Kier alpha value is -1.56. The first kappa shape index (κ1) is 13.5. The maximum absolute atomic E-state index is 12.1. The highest BCUT2D eigenvalue weighted by Gasteiger charge is 2.20.